The fourth-order valence-corrected chi connectivity index (χ4v) is 1.29. The Balaban J connectivity index is 2.41. The molecule has 0 bridgehead atoms. The Hall–Kier alpha value is -2.04. The van der Waals surface area contributed by atoms with Crippen LogP contribution in [0.1, 0.15) is 21.7 Å². The molecule has 0 saturated carbocycles. The SMILES string of the molecule is Cc1ccnc(C(=O)c2cnnn2C)c1. The Labute approximate surface area is 86.8 Å². The van der Waals surface area contributed by atoms with Gasteiger partial charge in [-0.05, 0) is 24.6 Å². The number of nitrogens with zero attached hydrogens (tertiary/aromatic N) is 4. The van der Waals surface area contributed by atoms with Crippen molar-refractivity contribution in [2.45, 2.75) is 6.92 Å². The van der Waals surface area contributed by atoms with Crippen molar-refractivity contribution in [1.29, 1.82) is 0 Å². The molecule has 0 amide bonds. The molecule has 0 N–H and O–H groups in total. The van der Waals surface area contributed by atoms with Gasteiger partial charge in [0, 0.05) is 13.2 Å². The van der Waals surface area contributed by atoms with Crippen LogP contribution in [0.4, 0.5) is 0 Å². The van der Waals surface area contributed by atoms with Crippen molar-refractivity contribution in [3.63, 3.8) is 0 Å². The van der Waals surface area contributed by atoms with E-state index in [0.717, 1.165) is 5.56 Å². The summed E-state index contributed by atoms with van der Waals surface area (Å²) in [7, 11) is 1.68. The molecular weight excluding hydrogens is 192 g/mol. The lowest BCUT2D eigenvalue weighted by Crippen LogP contribution is -2.09. The molecule has 0 spiro atoms. The lowest BCUT2D eigenvalue weighted by atomic mass is 10.1. The van der Waals surface area contributed by atoms with Crippen LogP contribution in [0.5, 0.6) is 0 Å². The Morgan fingerprint density at radius 1 is 1.47 bits per heavy atom. The van der Waals surface area contributed by atoms with Crippen molar-refractivity contribution in [2.75, 3.05) is 0 Å². The van der Waals surface area contributed by atoms with Crippen LogP contribution in [-0.4, -0.2) is 25.8 Å². The van der Waals surface area contributed by atoms with Crippen molar-refractivity contribution < 1.29 is 4.79 Å². The highest BCUT2D eigenvalue weighted by molar-refractivity contribution is 6.06. The molecule has 5 heteroatoms. The zero-order valence-corrected chi connectivity index (χ0v) is 8.51. The molecular formula is C10H10N4O. The first-order valence-corrected chi connectivity index (χ1v) is 4.50. The second kappa shape index (κ2) is 3.61. The minimum atomic E-state index is -0.161. The van der Waals surface area contributed by atoms with Crippen LogP contribution in [0.15, 0.2) is 24.5 Å². The number of aromatic nitrogens is 4. The van der Waals surface area contributed by atoms with Gasteiger partial charge in [0.25, 0.3) is 0 Å². The molecule has 0 unspecified atom stereocenters. The lowest BCUT2D eigenvalue weighted by Gasteiger charge is -2.00. The number of carbonyl (C=O) groups is 1. The van der Waals surface area contributed by atoms with Gasteiger partial charge in [-0.2, -0.15) is 0 Å². The Morgan fingerprint density at radius 2 is 2.27 bits per heavy atom. The Morgan fingerprint density at radius 3 is 2.87 bits per heavy atom. The first kappa shape index (κ1) is 9.51. The molecule has 0 aliphatic carbocycles. The first-order chi connectivity index (χ1) is 7.18. The molecule has 2 aromatic heterocycles. The van der Waals surface area contributed by atoms with Gasteiger partial charge in [-0.1, -0.05) is 5.21 Å². The average molecular weight is 202 g/mol. The summed E-state index contributed by atoms with van der Waals surface area (Å²) in [6, 6.07) is 3.59. The monoisotopic (exact) mass is 202 g/mol. The second-order valence-electron chi connectivity index (χ2n) is 3.29. The molecule has 2 heterocycles. The summed E-state index contributed by atoms with van der Waals surface area (Å²) in [4.78, 5) is 15.9. The summed E-state index contributed by atoms with van der Waals surface area (Å²) in [5.74, 6) is -0.161. The average Bonchev–Trinajstić information content (AvgIpc) is 2.63. The van der Waals surface area contributed by atoms with Crippen molar-refractivity contribution in [2.24, 2.45) is 7.05 Å². The number of hydrogen-bond acceptors (Lipinski definition) is 4. The maximum atomic E-state index is 11.9. The molecule has 0 aromatic carbocycles. The molecule has 0 aliphatic rings. The van der Waals surface area contributed by atoms with Gasteiger partial charge in [0.1, 0.15) is 11.4 Å². The summed E-state index contributed by atoms with van der Waals surface area (Å²) < 4.78 is 1.44. The van der Waals surface area contributed by atoms with Gasteiger partial charge in [-0.25, -0.2) is 4.68 Å². The molecule has 0 fully saturated rings. The number of carbonyl (C=O) groups excluding carboxylic acids is 1. The van der Waals surface area contributed by atoms with Crippen LogP contribution < -0.4 is 0 Å². The molecule has 0 aliphatic heterocycles. The van der Waals surface area contributed by atoms with E-state index in [-0.39, 0.29) is 5.78 Å². The van der Waals surface area contributed by atoms with E-state index in [2.05, 4.69) is 15.3 Å². The Kier molecular flexibility index (Phi) is 2.29. The molecule has 0 atom stereocenters. The summed E-state index contributed by atoms with van der Waals surface area (Å²) in [6.07, 6.45) is 3.05. The number of hydrogen-bond donors (Lipinski definition) is 0. The van der Waals surface area contributed by atoms with Gasteiger partial charge >= 0.3 is 0 Å². The van der Waals surface area contributed by atoms with Gasteiger partial charge < -0.3 is 0 Å². The molecule has 2 rings (SSSR count). The van der Waals surface area contributed by atoms with Crippen LogP contribution in [0.3, 0.4) is 0 Å². The fourth-order valence-electron chi connectivity index (χ4n) is 1.29. The quantitative estimate of drug-likeness (QED) is 0.674. The van der Waals surface area contributed by atoms with Gasteiger partial charge in [-0.3, -0.25) is 9.78 Å². The fraction of sp³-hybridized carbons (Fsp3) is 0.200. The normalized spacial score (nSPS) is 10.3. The number of pyridine rings is 1. The first-order valence-electron chi connectivity index (χ1n) is 4.50. The molecule has 15 heavy (non-hydrogen) atoms. The zero-order chi connectivity index (χ0) is 10.8. The summed E-state index contributed by atoms with van der Waals surface area (Å²) in [6.45, 7) is 1.92. The van der Waals surface area contributed by atoms with Crippen LogP contribution in [0, 0.1) is 6.92 Å². The topological polar surface area (TPSA) is 60.7 Å². The van der Waals surface area contributed by atoms with Crippen molar-refractivity contribution in [3.05, 3.63) is 41.5 Å². The Bertz CT molecular complexity index is 504. The highest BCUT2D eigenvalue weighted by Crippen LogP contribution is 2.06. The molecule has 2 aromatic rings. The summed E-state index contributed by atoms with van der Waals surface area (Å²) >= 11 is 0. The smallest absolute Gasteiger partial charge is 0.230 e. The zero-order valence-electron chi connectivity index (χ0n) is 8.51. The highest BCUT2D eigenvalue weighted by Gasteiger charge is 2.14. The van der Waals surface area contributed by atoms with E-state index in [1.165, 1.54) is 10.9 Å². The molecule has 0 saturated heterocycles. The summed E-state index contributed by atoms with van der Waals surface area (Å²) in [5.41, 5.74) is 1.86. The maximum absolute atomic E-state index is 11.9. The standard InChI is InChI=1S/C10H10N4O/c1-7-3-4-11-8(5-7)10(15)9-6-12-13-14(9)2/h3-6H,1-2H3. The largest absolute Gasteiger partial charge is 0.285 e. The van der Waals surface area contributed by atoms with Crippen molar-refractivity contribution in [1.82, 2.24) is 20.0 Å². The van der Waals surface area contributed by atoms with E-state index in [0.29, 0.717) is 11.4 Å². The third-order valence-electron chi connectivity index (χ3n) is 2.10. The number of aryl methyl sites for hydroxylation is 2. The maximum Gasteiger partial charge on any atom is 0.230 e. The van der Waals surface area contributed by atoms with E-state index in [1.807, 2.05) is 13.0 Å². The highest BCUT2D eigenvalue weighted by atomic mass is 16.1. The molecule has 5 nitrogen and oxygen atoms in total. The van der Waals surface area contributed by atoms with Crippen molar-refractivity contribution >= 4 is 5.78 Å². The van der Waals surface area contributed by atoms with Gasteiger partial charge in [0.2, 0.25) is 5.78 Å². The third-order valence-corrected chi connectivity index (χ3v) is 2.10. The predicted molar refractivity (Wildman–Crippen MR) is 53.4 cm³/mol. The van der Waals surface area contributed by atoms with Crippen LogP contribution in [0.2, 0.25) is 0 Å². The molecule has 76 valence electrons. The predicted octanol–water partition coefficient (Wildman–Crippen LogP) is 0.750. The van der Waals surface area contributed by atoms with Gasteiger partial charge in [0.15, 0.2) is 0 Å². The van der Waals surface area contributed by atoms with Crippen LogP contribution in [-0.2, 0) is 7.05 Å². The number of rotatable bonds is 2. The lowest BCUT2D eigenvalue weighted by molar-refractivity contribution is 0.102. The second-order valence-corrected chi connectivity index (χ2v) is 3.29. The van der Waals surface area contributed by atoms with E-state index >= 15 is 0 Å². The number of ketones is 1. The van der Waals surface area contributed by atoms with E-state index < -0.39 is 0 Å². The van der Waals surface area contributed by atoms with Gasteiger partial charge in [0.05, 0.1) is 6.20 Å². The van der Waals surface area contributed by atoms with E-state index in [1.54, 1.807) is 19.3 Å². The minimum absolute atomic E-state index is 0.161. The van der Waals surface area contributed by atoms with E-state index in [4.69, 9.17) is 0 Å². The third kappa shape index (κ3) is 1.76. The summed E-state index contributed by atoms with van der Waals surface area (Å²) in [5, 5.41) is 7.36. The molecule has 0 radical (unpaired) electrons. The van der Waals surface area contributed by atoms with Crippen LogP contribution in [0.25, 0.3) is 0 Å². The van der Waals surface area contributed by atoms with E-state index in [9.17, 15) is 4.79 Å². The van der Waals surface area contributed by atoms with Crippen molar-refractivity contribution in [3.8, 4) is 0 Å². The van der Waals surface area contributed by atoms with Gasteiger partial charge in [-0.15, -0.1) is 5.10 Å². The van der Waals surface area contributed by atoms with Crippen LogP contribution >= 0.6 is 0 Å². The minimum Gasteiger partial charge on any atom is -0.285 e.